The first-order chi connectivity index (χ1) is 17.2. The van der Waals surface area contributed by atoms with Crippen molar-refractivity contribution in [1.29, 1.82) is 0 Å². The van der Waals surface area contributed by atoms with Gasteiger partial charge in [-0.15, -0.1) is 0 Å². The molecule has 3 aromatic rings. The first-order valence-corrected chi connectivity index (χ1v) is 11.8. The van der Waals surface area contributed by atoms with Gasteiger partial charge in [-0.05, 0) is 66.6 Å². The second kappa shape index (κ2) is 10.4. The zero-order valence-electron chi connectivity index (χ0n) is 19.1. The molecule has 1 saturated heterocycles. The highest BCUT2D eigenvalue weighted by Crippen LogP contribution is 2.43. The first-order valence-electron chi connectivity index (χ1n) is 11.1. The molecule has 1 unspecified atom stereocenters. The molecular formula is C27H21Cl2NO6. The molecule has 1 heterocycles. The molecule has 36 heavy (non-hydrogen) atoms. The zero-order valence-corrected chi connectivity index (χ0v) is 20.6. The highest BCUT2D eigenvalue weighted by Gasteiger charge is 2.47. The summed E-state index contributed by atoms with van der Waals surface area (Å²) in [4.78, 5) is 39.8. The Bertz CT molecular complexity index is 1370. The van der Waals surface area contributed by atoms with Crippen LogP contribution < -0.4 is 4.90 Å². The number of hydrogen-bond acceptors (Lipinski definition) is 6. The SMILES string of the molecule is CCCOC(=O)c1ccc(N2C(=O)C(=O)/C(=C(\O)c3ccc(Cl)c(Cl)c3)C2c2ccc(O)cc2)cc1. The van der Waals surface area contributed by atoms with E-state index < -0.39 is 29.5 Å². The van der Waals surface area contributed by atoms with Gasteiger partial charge in [0.15, 0.2) is 0 Å². The minimum atomic E-state index is -1.02. The molecule has 9 heteroatoms. The topological polar surface area (TPSA) is 104 Å². The smallest absolute Gasteiger partial charge is 0.338 e. The Labute approximate surface area is 217 Å². The number of carbonyl (C=O) groups is 3. The van der Waals surface area contributed by atoms with Crippen LogP contribution in [0.2, 0.25) is 10.0 Å². The second-order valence-electron chi connectivity index (χ2n) is 8.07. The number of halogens is 2. The quantitative estimate of drug-likeness (QED) is 0.180. The number of aromatic hydroxyl groups is 1. The van der Waals surface area contributed by atoms with Crippen molar-refractivity contribution >= 4 is 52.3 Å². The van der Waals surface area contributed by atoms with Gasteiger partial charge in [0, 0.05) is 11.3 Å². The number of phenols is 1. The summed E-state index contributed by atoms with van der Waals surface area (Å²) in [5, 5.41) is 21.3. The Hall–Kier alpha value is -3.81. The van der Waals surface area contributed by atoms with Crippen molar-refractivity contribution in [2.24, 2.45) is 0 Å². The molecule has 1 aliphatic rings. The van der Waals surface area contributed by atoms with E-state index in [4.69, 9.17) is 27.9 Å². The minimum absolute atomic E-state index is 0.00451. The van der Waals surface area contributed by atoms with Crippen molar-refractivity contribution in [1.82, 2.24) is 0 Å². The van der Waals surface area contributed by atoms with Crippen molar-refractivity contribution in [3.8, 4) is 5.75 Å². The van der Waals surface area contributed by atoms with E-state index in [1.807, 2.05) is 6.92 Å². The Kier molecular flexibility index (Phi) is 7.33. The molecule has 0 radical (unpaired) electrons. The molecule has 0 saturated carbocycles. The van der Waals surface area contributed by atoms with E-state index in [0.29, 0.717) is 23.2 Å². The van der Waals surface area contributed by atoms with Crippen LogP contribution in [0.1, 0.15) is 40.9 Å². The normalized spacial score (nSPS) is 16.9. The third-order valence-corrected chi connectivity index (χ3v) is 6.40. The van der Waals surface area contributed by atoms with Gasteiger partial charge in [-0.25, -0.2) is 4.79 Å². The summed E-state index contributed by atoms with van der Waals surface area (Å²) in [6.45, 7) is 2.17. The molecule has 0 aromatic heterocycles. The van der Waals surface area contributed by atoms with Crippen LogP contribution in [0.4, 0.5) is 5.69 Å². The van der Waals surface area contributed by atoms with Gasteiger partial charge in [-0.3, -0.25) is 14.5 Å². The number of hydrogen-bond donors (Lipinski definition) is 2. The molecule has 0 bridgehead atoms. The number of aliphatic hydroxyl groups excluding tert-OH is 1. The molecule has 1 atom stereocenters. The van der Waals surface area contributed by atoms with E-state index >= 15 is 0 Å². The summed E-state index contributed by atoms with van der Waals surface area (Å²) in [6, 6.07) is 15.3. The Morgan fingerprint density at radius 2 is 1.58 bits per heavy atom. The van der Waals surface area contributed by atoms with E-state index in [9.17, 15) is 24.6 Å². The fourth-order valence-corrected chi connectivity index (χ4v) is 4.20. The van der Waals surface area contributed by atoms with E-state index in [-0.39, 0.29) is 33.5 Å². The molecule has 1 fully saturated rings. The first kappa shape index (κ1) is 25.3. The van der Waals surface area contributed by atoms with Crippen LogP contribution in [0.5, 0.6) is 5.75 Å². The van der Waals surface area contributed by atoms with Crippen LogP contribution in [-0.4, -0.2) is 34.5 Å². The number of ketones is 1. The number of esters is 1. The average Bonchev–Trinajstić information content (AvgIpc) is 3.14. The number of ether oxygens (including phenoxy) is 1. The van der Waals surface area contributed by atoms with Crippen molar-refractivity contribution in [3.63, 3.8) is 0 Å². The standard InChI is InChI=1S/C27H21Cl2NO6/c1-2-13-36-27(35)16-3-8-18(9-4-16)30-23(15-5-10-19(31)11-6-15)22(25(33)26(30)34)24(32)17-7-12-20(28)21(29)14-17/h3-12,14,23,31-32H,2,13H2,1H3/b24-22-. The molecule has 4 rings (SSSR count). The van der Waals surface area contributed by atoms with Gasteiger partial charge < -0.3 is 14.9 Å². The summed E-state index contributed by atoms with van der Waals surface area (Å²) in [5.74, 6) is -2.69. The summed E-state index contributed by atoms with van der Waals surface area (Å²) in [5.41, 5.74) is 1.15. The van der Waals surface area contributed by atoms with E-state index in [2.05, 4.69) is 0 Å². The van der Waals surface area contributed by atoms with Gasteiger partial charge in [0.2, 0.25) is 0 Å². The van der Waals surface area contributed by atoms with Crippen LogP contribution in [0.3, 0.4) is 0 Å². The molecule has 1 aliphatic heterocycles. The van der Waals surface area contributed by atoms with Gasteiger partial charge >= 0.3 is 5.97 Å². The average molecular weight is 526 g/mol. The van der Waals surface area contributed by atoms with Crippen LogP contribution in [0.15, 0.2) is 72.3 Å². The Balaban J connectivity index is 1.83. The van der Waals surface area contributed by atoms with E-state index in [0.717, 1.165) is 0 Å². The van der Waals surface area contributed by atoms with Gasteiger partial charge in [-0.2, -0.15) is 0 Å². The summed E-state index contributed by atoms with van der Waals surface area (Å²) in [6.07, 6.45) is 0.681. The van der Waals surface area contributed by atoms with Gasteiger partial charge in [-0.1, -0.05) is 42.3 Å². The molecular weight excluding hydrogens is 505 g/mol. The van der Waals surface area contributed by atoms with E-state index in [1.165, 1.54) is 59.5 Å². The molecule has 2 N–H and O–H groups in total. The lowest BCUT2D eigenvalue weighted by Crippen LogP contribution is -2.29. The summed E-state index contributed by atoms with van der Waals surface area (Å²) < 4.78 is 5.14. The number of benzene rings is 3. The summed E-state index contributed by atoms with van der Waals surface area (Å²) >= 11 is 12.1. The van der Waals surface area contributed by atoms with Crippen LogP contribution in [0.25, 0.3) is 5.76 Å². The van der Waals surface area contributed by atoms with E-state index in [1.54, 1.807) is 12.1 Å². The number of Topliss-reactive ketones (excluding diaryl/α,β-unsaturated/α-hetero) is 1. The van der Waals surface area contributed by atoms with Crippen LogP contribution in [-0.2, 0) is 14.3 Å². The number of carbonyl (C=O) groups excluding carboxylic acids is 3. The number of phenolic OH excluding ortho intramolecular Hbond substituents is 1. The highest BCUT2D eigenvalue weighted by molar-refractivity contribution is 6.51. The molecule has 1 amide bonds. The third kappa shape index (κ3) is 4.80. The van der Waals surface area contributed by atoms with Crippen LogP contribution >= 0.6 is 23.2 Å². The zero-order chi connectivity index (χ0) is 26.0. The highest BCUT2D eigenvalue weighted by atomic mass is 35.5. The van der Waals surface area contributed by atoms with Gasteiger partial charge in [0.25, 0.3) is 11.7 Å². The van der Waals surface area contributed by atoms with Gasteiger partial charge in [0.1, 0.15) is 11.5 Å². The number of nitrogens with zero attached hydrogens (tertiary/aromatic N) is 1. The number of aliphatic hydroxyl groups is 1. The third-order valence-electron chi connectivity index (χ3n) is 5.66. The fourth-order valence-electron chi connectivity index (χ4n) is 3.91. The molecule has 184 valence electrons. The maximum absolute atomic E-state index is 13.2. The largest absolute Gasteiger partial charge is 0.508 e. The minimum Gasteiger partial charge on any atom is -0.508 e. The maximum Gasteiger partial charge on any atom is 0.338 e. The Morgan fingerprint density at radius 1 is 0.944 bits per heavy atom. The van der Waals surface area contributed by atoms with Crippen molar-refractivity contribution in [2.45, 2.75) is 19.4 Å². The van der Waals surface area contributed by atoms with Crippen molar-refractivity contribution in [3.05, 3.63) is 99.0 Å². The van der Waals surface area contributed by atoms with Crippen molar-refractivity contribution in [2.75, 3.05) is 11.5 Å². The van der Waals surface area contributed by atoms with Crippen LogP contribution in [0, 0.1) is 0 Å². The number of amides is 1. The maximum atomic E-state index is 13.2. The molecule has 7 nitrogen and oxygen atoms in total. The number of rotatable bonds is 6. The monoisotopic (exact) mass is 525 g/mol. The lowest BCUT2D eigenvalue weighted by Gasteiger charge is -2.25. The lowest BCUT2D eigenvalue weighted by molar-refractivity contribution is -0.132. The van der Waals surface area contributed by atoms with Crippen molar-refractivity contribution < 1.29 is 29.3 Å². The summed E-state index contributed by atoms with van der Waals surface area (Å²) in [7, 11) is 0. The number of anilines is 1. The Morgan fingerprint density at radius 3 is 2.19 bits per heavy atom. The fraction of sp³-hybridized carbons (Fsp3) is 0.148. The molecule has 0 aliphatic carbocycles. The molecule has 0 spiro atoms. The van der Waals surface area contributed by atoms with Gasteiger partial charge in [0.05, 0.1) is 33.8 Å². The predicted octanol–water partition coefficient (Wildman–Crippen LogP) is 5.89. The second-order valence-corrected chi connectivity index (χ2v) is 8.89. The molecule has 3 aromatic carbocycles. The lowest BCUT2D eigenvalue weighted by atomic mass is 9.95. The predicted molar refractivity (Wildman–Crippen MR) is 136 cm³/mol.